The van der Waals surface area contributed by atoms with E-state index in [4.69, 9.17) is 5.11 Å². The molecule has 18 heavy (non-hydrogen) atoms. The molecule has 0 saturated carbocycles. The van der Waals surface area contributed by atoms with Crippen molar-refractivity contribution < 1.29 is 9.90 Å². The van der Waals surface area contributed by atoms with Crippen LogP contribution in [0.15, 0.2) is 0 Å². The highest BCUT2D eigenvalue weighted by atomic mass is 16.4. The second-order valence-corrected chi connectivity index (χ2v) is 4.99. The number of aliphatic carboxylic acids is 1. The van der Waals surface area contributed by atoms with Gasteiger partial charge in [-0.3, -0.25) is 9.48 Å². The minimum Gasteiger partial charge on any atom is -0.480 e. The molecule has 0 aliphatic carbocycles. The molecule has 0 amide bonds. The van der Waals surface area contributed by atoms with Crippen LogP contribution in [0.4, 0.5) is 0 Å². The maximum atomic E-state index is 10.8. The van der Waals surface area contributed by atoms with E-state index in [-0.39, 0.29) is 6.54 Å². The zero-order chi connectivity index (χ0) is 13.1. The minimum absolute atomic E-state index is 0.0562. The smallest absolute Gasteiger partial charge is 0.325 e. The predicted octanol–water partition coefficient (Wildman–Crippen LogP) is 1.79. The molecule has 2 heterocycles. The Morgan fingerprint density at radius 3 is 2.94 bits per heavy atom. The van der Waals surface area contributed by atoms with E-state index in [9.17, 15) is 4.79 Å². The molecule has 2 rings (SSSR count). The minimum atomic E-state index is -0.846. The van der Waals surface area contributed by atoms with Gasteiger partial charge in [-0.15, -0.1) is 0 Å². The van der Waals surface area contributed by atoms with Gasteiger partial charge >= 0.3 is 5.97 Å². The van der Waals surface area contributed by atoms with Crippen molar-refractivity contribution >= 4 is 5.97 Å². The van der Waals surface area contributed by atoms with Gasteiger partial charge in [-0.25, -0.2) is 0 Å². The monoisotopic (exact) mass is 251 g/mol. The number of carboxylic acid groups (broad SMARTS) is 1. The van der Waals surface area contributed by atoms with Crippen molar-refractivity contribution in [2.45, 2.75) is 52.1 Å². The average Bonchev–Trinajstić information content (AvgIpc) is 2.53. The molecule has 1 aromatic rings. The number of carbonyl (C=O) groups is 1. The van der Waals surface area contributed by atoms with Crippen LogP contribution in [-0.2, 0) is 11.3 Å². The van der Waals surface area contributed by atoms with Gasteiger partial charge in [0.25, 0.3) is 0 Å². The second kappa shape index (κ2) is 5.52. The number of rotatable bonds is 3. The quantitative estimate of drug-likeness (QED) is 0.859. The first-order valence-electron chi connectivity index (χ1n) is 6.58. The van der Waals surface area contributed by atoms with Gasteiger partial charge in [-0.1, -0.05) is 12.8 Å². The lowest BCUT2D eigenvalue weighted by Crippen LogP contribution is -2.21. The molecular formula is C13H21N3O2. The lowest BCUT2D eigenvalue weighted by molar-refractivity contribution is -0.137. The van der Waals surface area contributed by atoms with Crippen LogP contribution >= 0.6 is 0 Å². The van der Waals surface area contributed by atoms with E-state index in [0.717, 1.165) is 24.4 Å². The summed E-state index contributed by atoms with van der Waals surface area (Å²) >= 11 is 0. The number of hydrogen-bond donors (Lipinski definition) is 2. The first kappa shape index (κ1) is 13.1. The van der Waals surface area contributed by atoms with Gasteiger partial charge in [0.1, 0.15) is 6.54 Å². The van der Waals surface area contributed by atoms with Gasteiger partial charge < -0.3 is 10.4 Å². The molecule has 100 valence electrons. The molecule has 5 nitrogen and oxygen atoms in total. The molecule has 1 aliphatic rings. The molecular weight excluding hydrogens is 230 g/mol. The summed E-state index contributed by atoms with van der Waals surface area (Å²) in [6, 6.07) is 0.329. The van der Waals surface area contributed by atoms with Crippen LogP contribution in [0.5, 0.6) is 0 Å². The standard InChI is InChI=1S/C13H21N3O2/c1-9-13(11-6-4-3-5-7-14-11)10(2)16(15-9)8-12(17)18/h11,14H,3-8H2,1-2H3,(H,17,18)/t11-/m1/s1. The van der Waals surface area contributed by atoms with Gasteiger partial charge in [-0.05, 0) is 33.2 Å². The first-order valence-corrected chi connectivity index (χ1v) is 6.58. The van der Waals surface area contributed by atoms with Crippen molar-refractivity contribution in [3.63, 3.8) is 0 Å². The van der Waals surface area contributed by atoms with Crippen molar-refractivity contribution in [2.24, 2.45) is 0 Å². The molecule has 1 atom stereocenters. The Labute approximate surface area is 107 Å². The molecule has 5 heteroatoms. The molecule has 0 radical (unpaired) electrons. The highest BCUT2D eigenvalue weighted by Gasteiger charge is 2.22. The zero-order valence-corrected chi connectivity index (χ0v) is 11.1. The lowest BCUT2D eigenvalue weighted by atomic mass is 10.0. The van der Waals surface area contributed by atoms with Gasteiger partial charge in [0, 0.05) is 17.3 Å². The van der Waals surface area contributed by atoms with Gasteiger partial charge in [-0.2, -0.15) is 5.10 Å². The molecule has 0 spiro atoms. The van der Waals surface area contributed by atoms with Crippen LogP contribution in [0.2, 0.25) is 0 Å². The van der Waals surface area contributed by atoms with E-state index < -0.39 is 5.97 Å². The third-order valence-electron chi connectivity index (χ3n) is 3.63. The van der Waals surface area contributed by atoms with Gasteiger partial charge in [0.15, 0.2) is 0 Å². The number of carboxylic acids is 1. The average molecular weight is 251 g/mol. The molecule has 1 aliphatic heterocycles. The summed E-state index contributed by atoms with van der Waals surface area (Å²) in [4.78, 5) is 10.8. The van der Waals surface area contributed by atoms with E-state index in [1.165, 1.54) is 24.8 Å². The zero-order valence-electron chi connectivity index (χ0n) is 11.1. The SMILES string of the molecule is Cc1nn(CC(=O)O)c(C)c1[C@H]1CCCCCN1. The van der Waals surface area contributed by atoms with Crippen LogP contribution in [0.1, 0.15) is 48.7 Å². The first-order chi connectivity index (χ1) is 8.59. The maximum Gasteiger partial charge on any atom is 0.325 e. The molecule has 0 bridgehead atoms. The Balaban J connectivity index is 2.26. The van der Waals surface area contributed by atoms with E-state index >= 15 is 0 Å². The molecule has 0 aromatic carbocycles. The normalized spacial score (nSPS) is 20.7. The van der Waals surface area contributed by atoms with E-state index in [1.807, 2.05) is 13.8 Å². The van der Waals surface area contributed by atoms with Crippen LogP contribution in [0, 0.1) is 13.8 Å². The van der Waals surface area contributed by atoms with Crippen molar-refractivity contribution in [1.29, 1.82) is 0 Å². The Morgan fingerprint density at radius 2 is 2.22 bits per heavy atom. The second-order valence-electron chi connectivity index (χ2n) is 4.99. The van der Waals surface area contributed by atoms with Crippen molar-refractivity contribution in [2.75, 3.05) is 6.54 Å². The fraction of sp³-hybridized carbons (Fsp3) is 0.692. The summed E-state index contributed by atoms with van der Waals surface area (Å²) in [5, 5.41) is 16.8. The van der Waals surface area contributed by atoms with Gasteiger partial charge in [0.05, 0.1) is 5.69 Å². The highest BCUT2D eigenvalue weighted by Crippen LogP contribution is 2.27. The Kier molecular flexibility index (Phi) is 4.01. The van der Waals surface area contributed by atoms with E-state index in [1.54, 1.807) is 4.68 Å². The highest BCUT2D eigenvalue weighted by molar-refractivity contribution is 5.66. The predicted molar refractivity (Wildman–Crippen MR) is 68.5 cm³/mol. The Bertz CT molecular complexity index is 432. The van der Waals surface area contributed by atoms with Crippen molar-refractivity contribution in [3.8, 4) is 0 Å². The molecule has 0 unspecified atom stereocenters. The van der Waals surface area contributed by atoms with Crippen LogP contribution < -0.4 is 5.32 Å². The summed E-state index contributed by atoms with van der Waals surface area (Å²) in [6.07, 6.45) is 4.82. The molecule has 2 N–H and O–H groups in total. The van der Waals surface area contributed by atoms with Crippen LogP contribution in [-0.4, -0.2) is 27.4 Å². The van der Waals surface area contributed by atoms with Crippen molar-refractivity contribution in [3.05, 3.63) is 17.0 Å². The fourth-order valence-corrected chi connectivity index (χ4v) is 2.77. The number of nitrogens with one attached hydrogen (secondary N) is 1. The maximum absolute atomic E-state index is 10.8. The topological polar surface area (TPSA) is 67.2 Å². The van der Waals surface area contributed by atoms with Crippen LogP contribution in [0.25, 0.3) is 0 Å². The largest absolute Gasteiger partial charge is 0.480 e. The van der Waals surface area contributed by atoms with E-state index in [2.05, 4.69) is 10.4 Å². The number of hydrogen-bond acceptors (Lipinski definition) is 3. The summed E-state index contributed by atoms with van der Waals surface area (Å²) < 4.78 is 1.60. The third kappa shape index (κ3) is 2.72. The van der Waals surface area contributed by atoms with Gasteiger partial charge in [0.2, 0.25) is 0 Å². The fourth-order valence-electron chi connectivity index (χ4n) is 2.77. The third-order valence-corrected chi connectivity index (χ3v) is 3.63. The number of nitrogens with zero attached hydrogens (tertiary/aromatic N) is 2. The summed E-state index contributed by atoms with van der Waals surface area (Å²) in [7, 11) is 0. The summed E-state index contributed by atoms with van der Waals surface area (Å²) in [6.45, 7) is 4.91. The summed E-state index contributed by atoms with van der Waals surface area (Å²) in [5.74, 6) is -0.846. The number of aryl methyl sites for hydroxylation is 1. The Morgan fingerprint density at radius 1 is 1.44 bits per heavy atom. The molecule has 1 aromatic heterocycles. The molecule has 1 saturated heterocycles. The van der Waals surface area contributed by atoms with Crippen molar-refractivity contribution in [1.82, 2.24) is 15.1 Å². The van der Waals surface area contributed by atoms with E-state index in [0.29, 0.717) is 6.04 Å². The molecule has 1 fully saturated rings. The lowest BCUT2D eigenvalue weighted by Gasteiger charge is -2.16. The summed E-state index contributed by atoms with van der Waals surface area (Å²) in [5.41, 5.74) is 3.13. The Hall–Kier alpha value is -1.36. The number of aromatic nitrogens is 2. The van der Waals surface area contributed by atoms with Crippen LogP contribution in [0.3, 0.4) is 0 Å².